The maximum atomic E-state index is 12.2. The second kappa shape index (κ2) is 4.88. The molecule has 0 saturated heterocycles. The number of hydrogen-bond donors (Lipinski definition) is 2. The summed E-state index contributed by atoms with van der Waals surface area (Å²) in [6.45, 7) is 9.12. The average Bonchev–Trinajstić information content (AvgIpc) is 2.15. The Labute approximate surface area is 103 Å². The normalized spacial score (nSPS) is 13.3. The van der Waals surface area contributed by atoms with Crippen LogP contribution in [-0.4, -0.2) is 22.7 Å². The third-order valence-corrected chi connectivity index (χ3v) is 3.19. The van der Waals surface area contributed by atoms with Crippen LogP contribution in [0.25, 0.3) is 0 Å². The van der Waals surface area contributed by atoms with Crippen LogP contribution < -0.4 is 5.32 Å². The van der Waals surface area contributed by atoms with Gasteiger partial charge in [0.1, 0.15) is 0 Å². The maximum Gasteiger partial charge on any atom is 0.252 e. The molecule has 1 aromatic carbocycles. The molecule has 0 radical (unpaired) electrons. The summed E-state index contributed by atoms with van der Waals surface area (Å²) in [7, 11) is 0. The number of carbonyl (C=O) groups is 1. The van der Waals surface area contributed by atoms with E-state index in [0.29, 0.717) is 5.56 Å². The van der Waals surface area contributed by atoms with Gasteiger partial charge in [-0.05, 0) is 45.7 Å². The number of aryl methyl sites for hydroxylation is 2. The second-order valence-electron chi connectivity index (χ2n) is 5.12. The van der Waals surface area contributed by atoms with Crippen LogP contribution in [0.5, 0.6) is 0 Å². The Morgan fingerprint density at radius 2 is 1.76 bits per heavy atom. The van der Waals surface area contributed by atoms with Crippen molar-refractivity contribution in [2.24, 2.45) is 0 Å². The molecule has 1 rings (SSSR count). The summed E-state index contributed by atoms with van der Waals surface area (Å²) in [5.74, 6) is -0.133. The molecule has 0 saturated carbocycles. The van der Waals surface area contributed by atoms with Crippen molar-refractivity contribution in [1.82, 2.24) is 5.32 Å². The van der Waals surface area contributed by atoms with Gasteiger partial charge in [0.15, 0.2) is 0 Å². The van der Waals surface area contributed by atoms with E-state index in [4.69, 9.17) is 0 Å². The lowest BCUT2D eigenvalue weighted by molar-refractivity contribution is 0.0708. The molecule has 0 aliphatic carbocycles. The predicted molar refractivity (Wildman–Crippen MR) is 69.1 cm³/mol. The summed E-state index contributed by atoms with van der Waals surface area (Å²) in [4.78, 5) is 12.2. The first-order chi connectivity index (χ1) is 7.75. The van der Waals surface area contributed by atoms with Gasteiger partial charge in [-0.25, -0.2) is 0 Å². The summed E-state index contributed by atoms with van der Waals surface area (Å²) in [6.07, 6.45) is -0.601. The Hall–Kier alpha value is -1.35. The van der Waals surface area contributed by atoms with Crippen LogP contribution in [0, 0.1) is 13.8 Å². The minimum Gasteiger partial charge on any atom is -0.391 e. The van der Waals surface area contributed by atoms with Crippen LogP contribution in [-0.2, 0) is 0 Å². The number of amides is 1. The van der Waals surface area contributed by atoms with Crippen molar-refractivity contribution in [3.8, 4) is 0 Å². The van der Waals surface area contributed by atoms with Crippen LogP contribution in [0.3, 0.4) is 0 Å². The lowest BCUT2D eigenvalue weighted by Crippen LogP contribution is -2.51. The third kappa shape index (κ3) is 3.07. The molecule has 0 fully saturated rings. The minimum atomic E-state index is -0.633. The Morgan fingerprint density at radius 1 is 1.29 bits per heavy atom. The van der Waals surface area contributed by atoms with Crippen LogP contribution >= 0.6 is 0 Å². The summed E-state index contributed by atoms with van der Waals surface area (Å²) in [5.41, 5.74) is 1.96. The zero-order chi connectivity index (χ0) is 13.2. The highest BCUT2D eigenvalue weighted by Gasteiger charge is 2.27. The van der Waals surface area contributed by atoms with Crippen molar-refractivity contribution in [2.45, 2.75) is 46.3 Å². The van der Waals surface area contributed by atoms with Gasteiger partial charge in [0.05, 0.1) is 11.6 Å². The molecule has 94 valence electrons. The SMILES string of the molecule is Cc1cccc(C)c1C(=O)NC(C)(C)C(C)O. The lowest BCUT2D eigenvalue weighted by Gasteiger charge is -2.29. The van der Waals surface area contributed by atoms with E-state index in [1.165, 1.54) is 0 Å². The number of rotatable bonds is 3. The lowest BCUT2D eigenvalue weighted by atomic mass is 9.96. The van der Waals surface area contributed by atoms with Crippen LogP contribution in [0.4, 0.5) is 0 Å². The van der Waals surface area contributed by atoms with Crippen molar-refractivity contribution in [3.05, 3.63) is 34.9 Å². The summed E-state index contributed by atoms with van der Waals surface area (Å²) < 4.78 is 0. The van der Waals surface area contributed by atoms with Gasteiger partial charge in [-0.1, -0.05) is 18.2 Å². The van der Waals surface area contributed by atoms with Gasteiger partial charge in [0.2, 0.25) is 0 Å². The molecule has 0 spiro atoms. The number of benzene rings is 1. The van der Waals surface area contributed by atoms with Gasteiger partial charge >= 0.3 is 0 Å². The summed E-state index contributed by atoms with van der Waals surface area (Å²) >= 11 is 0. The highest BCUT2D eigenvalue weighted by atomic mass is 16.3. The highest BCUT2D eigenvalue weighted by Crippen LogP contribution is 2.16. The molecule has 0 heterocycles. The van der Waals surface area contributed by atoms with Crippen molar-refractivity contribution in [3.63, 3.8) is 0 Å². The zero-order valence-corrected chi connectivity index (χ0v) is 11.2. The van der Waals surface area contributed by atoms with E-state index < -0.39 is 11.6 Å². The van der Waals surface area contributed by atoms with Gasteiger partial charge in [0, 0.05) is 5.56 Å². The van der Waals surface area contributed by atoms with Gasteiger partial charge in [-0.15, -0.1) is 0 Å². The van der Waals surface area contributed by atoms with E-state index in [1.54, 1.807) is 6.92 Å². The van der Waals surface area contributed by atoms with E-state index in [-0.39, 0.29) is 5.91 Å². The van der Waals surface area contributed by atoms with Gasteiger partial charge < -0.3 is 10.4 Å². The largest absolute Gasteiger partial charge is 0.391 e. The quantitative estimate of drug-likeness (QED) is 0.843. The van der Waals surface area contributed by atoms with Crippen LogP contribution in [0.15, 0.2) is 18.2 Å². The standard InChI is InChI=1S/C14H21NO2/c1-9-7-6-8-10(2)12(9)13(17)15-14(4,5)11(3)16/h6-8,11,16H,1-5H3,(H,15,17). The first-order valence-electron chi connectivity index (χ1n) is 5.82. The Morgan fingerprint density at radius 3 is 2.18 bits per heavy atom. The van der Waals surface area contributed by atoms with E-state index in [9.17, 15) is 9.90 Å². The zero-order valence-electron chi connectivity index (χ0n) is 11.2. The number of carbonyl (C=O) groups excluding carboxylic acids is 1. The fraction of sp³-hybridized carbons (Fsp3) is 0.500. The molecule has 17 heavy (non-hydrogen) atoms. The molecule has 1 unspecified atom stereocenters. The van der Waals surface area contributed by atoms with Crippen molar-refractivity contribution >= 4 is 5.91 Å². The Kier molecular flexibility index (Phi) is 3.94. The second-order valence-corrected chi connectivity index (χ2v) is 5.12. The first kappa shape index (κ1) is 13.7. The van der Waals surface area contributed by atoms with Gasteiger partial charge in [-0.2, -0.15) is 0 Å². The fourth-order valence-corrected chi connectivity index (χ4v) is 1.63. The maximum absolute atomic E-state index is 12.2. The fourth-order valence-electron chi connectivity index (χ4n) is 1.63. The molecule has 1 aromatic rings. The van der Waals surface area contributed by atoms with Crippen LogP contribution in [0.2, 0.25) is 0 Å². The molecular formula is C14H21NO2. The first-order valence-corrected chi connectivity index (χ1v) is 5.82. The third-order valence-electron chi connectivity index (χ3n) is 3.19. The van der Waals surface area contributed by atoms with E-state index in [1.807, 2.05) is 45.9 Å². The molecule has 3 nitrogen and oxygen atoms in total. The molecular weight excluding hydrogens is 214 g/mol. The van der Waals surface area contributed by atoms with E-state index in [2.05, 4.69) is 5.32 Å². The monoisotopic (exact) mass is 235 g/mol. The molecule has 3 heteroatoms. The topological polar surface area (TPSA) is 49.3 Å². The number of aliphatic hydroxyl groups excluding tert-OH is 1. The number of aliphatic hydroxyl groups is 1. The van der Waals surface area contributed by atoms with Crippen LogP contribution in [0.1, 0.15) is 42.3 Å². The predicted octanol–water partition coefficient (Wildman–Crippen LogP) is 2.19. The molecule has 0 aliphatic rings. The summed E-state index contributed by atoms with van der Waals surface area (Å²) in [5, 5.41) is 12.5. The van der Waals surface area contributed by atoms with Crippen molar-refractivity contribution in [1.29, 1.82) is 0 Å². The average molecular weight is 235 g/mol. The molecule has 0 bridgehead atoms. The Bertz CT molecular complexity index is 402. The molecule has 0 aromatic heterocycles. The number of nitrogens with one attached hydrogen (secondary N) is 1. The minimum absolute atomic E-state index is 0.133. The highest BCUT2D eigenvalue weighted by molar-refractivity contribution is 5.97. The number of hydrogen-bond acceptors (Lipinski definition) is 2. The van der Waals surface area contributed by atoms with E-state index in [0.717, 1.165) is 11.1 Å². The Balaban J connectivity index is 2.99. The molecule has 1 atom stereocenters. The molecule has 2 N–H and O–H groups in total. The van der Waals surface area contributed by atoms with E-state index >= 15 is 0 Å². The summed E-state index contributed by atoms with van der Waals surface area (Å²) in [6, 6.07) is 5.76. The van der Waals surface area contributed by atoms with Gasteiger partial charge in [-0.3, -0.25) is 4.79 Å². The molecule has 0 aliphatic heterocycles. The van der Waals surface area contributed by atoms with Gasteiger partial charge in [0.25, 0.3) is 5.91 Å². The van der Waals surface area contributed by atoms with Crippen molar-refractivity contribution in [2.75, 3.05) is 0 Å². The van der Waals surface area contributed by atoms with Crippen molar-refractivity contribution < 1.29 is 9.90 Å². The smallest absolute Gasteiger partial charge is 0.252 e. The molecule has 1 amide bonds.